The van der Waals surface area contributed by atoms with Crippen molar-refractivity contribution >= 4 is 11.6 Å². The highest BCUT2D eigenvalue weighted by Crippen LogP contribution is 2.30. The van der Waals surface area contributed by atoms with Gasteiger partial charge in [-0.25, -0.2) is 0 Å². The second kappa shape index (κ2) is 4.93. The number of anilines is 1. The van der Waals surface area contributed by atoms with E-state index in [1.807, 2.05) is 23.1 Å². The summed E-state index contributed by atoms with van der Waals surface area (Å²) in [6.07, 6.45) is 3.54. The zero-order valence-electron chi connectivity index (χ0n) is 10.9. The normalized spacial score (nSPS) is 16.4. The minimum atomic E-state index is 0.0763. The summed E-state index contributed by atoms with van der Waals surface area (Å²) < 4.78 is 0. The minimum absolute atomic E-state index is 0.0763. The molecule has 0 atom stereocenters. The van der Waals surface area contributed by atoms with Gasteiger partial charge in [0.15, 0.2) is 0 Å². The molecule has 3 rings (SSSR count). The number of amides is 1. The standard InChI is InChI=1S/C15H17N3O/c16-7-1-9-18(13-3-4-13)15(19)12-2-5-14-11(10-12)6-8-17-14/h2,5,10,13,17H,1,3-4,6,8-9H2. The first-order valence-electron chi connectivity index (χ1n) is 6.84. The molecule has 0 saturated heterocycles. The van der Waals surface area contributed by atoms with Crippen molar-refractivity contribution in [1.82, 2.24) is 4.90 Å². The monoisotopic (exact) mass is 255 g/mol. The van der Waals surface area contributed by atoms with Crippen molar-refractivity contribution in [3.05, 3.63) is 29.3 Å². The quantitative estimate of drug-likeness (QED) is 0.897. The van der Waals surface area contributed by atoms with Crippen LogP contribution in [0.25, 0.3) is 0 Å². The lowest BCUT2D eigenvalue weighted by Crippen LogP contribution is -2.33. The largest absolute Gasteiger partial charge is 0.384 e. The molecule has 1 heterocycles. The third-order valence-corrected chi connectivity index (χ3v) is 3.78. The van der Waals surface area contributed by atoms with Crippen LogP contribution in [0.5, 0.6) is 0 Å². The van der Waals surface area contributed by atoms with Gasteiger partial charge in [0.2, 0.25) is 0 Å². The molecule has 98 valence electrons. The Kier molecular flexibility index (Phi) is 3.12. The summed E-state index contributed by atoms with van der Waals surface area (Å²) >= 11 is 0. The fraction of sp³-hybridized carbons (Fsp3) is 0.467. The highest BCUT2D eigenvalue weighted by Gasteiger charge is 2.32. The molecule has 1 N–H and O–H groups in total. The lowest BCUT2D eigenvalue weighted by Gasteiger charge is -2.21. The fourth-order valence-electron chi connectivity index (χ4n) is 2.61. The van der Waals surface area contributed by atoms with Gasteiger partial charge in [0, 0.05) is 30.4 Å². The van der Waals surface area contributed by atoms with Gasteiger partial charge < -0.3 is 10.2 Å². The van der Waals surface area contributed by atoms with Gasteiger partial charge in [0.05, 0.1) is 12.5 Å². The molecule has 4 nitrogen and oxygen atoms in total. The number of hydrogen-bond acceptors (Lipinski definition) is 3. The first-order chi connectivity index (χ1) is 9.29. The molecule has 0 spiro atoms. The molecule has 0 bridgehead atoms. The molecule has 0 radical (unpaired) electrons. The van der Waals surface area contributed by atoms with E-state index in [0.717, 1.165) is 37.1 Å². The Morgan fingerprint density at radius 3 is 3.05 bits per heavy atom. The van der Waals surface area contributed by atoms with Crippen LogP contribution in [0.1, 0.15) is 35.2 Å². The summed E-state index contributed by atoms with van der Waals surface area (Å²) in [5.41, 5.74) is 3.13. The molecule has 19 heavy (non-hydrogen) atoms. The molecule has 1 fully saturated rings. The van der Waals surface area contributed by atoms with Crippen LogP contribution in [0.15, 0.2) is 18.2 Å². The van der Waals surface area contributed by atoms with Crippen molar-refractivity contribution in [2.24, 2.45) is 0 Å². The van der Waals surface area contributed by atoms with E-state index in [0.29, 0.717) is 19.0 Å². The van der Waals surface area contributed by atoms with Gasteiger partial charge in [-0.2, -0.15) is 5.26 Å². The molecular formula is C15H17N3O. The molecule has 1 aromatic rings. The number of nitrogens with zero attached hydrogens (tertiary/aromatic N) is 2. The maximum atomic E-state index is 12.5. The Balaban J connectivity index is 1.79. The Morgan fingerprint density at radius 2 is 2.32 bits per heavy atom. The van der Waals surface area contributed by atoms with Gasteiger partial charge in [-0.15, -0.1) is 0 Å². The summed E-state index contributed by atoms with van der Waals surface area (Å²) in [5, 5.41) is 12.0. The molecule has 2 aliphatic rings. The van der Waals surface area contributed by atoms with E-state index in [1.165, 1.54) is 5.56 Å². The van der Waals surface area contributed by atoms with Gasteiger partial charge in [0.25, 0.3) is 5.91 Å². The van der Waals surface area contributed by atoms with Crippen LogP contribution < -0.4 is 5.32 Å². The van der Waals surface area contributed by atoms with Crippen LogP contribution in [0.2, 0.25) is 0 Å². The number of nitrogens with one attached hydrogen (secondary N) is 1. The summed E-state index contributed by atoms with van der Waals surface area (Å²) in [5.74, 6) is 0.0763. The first kappa shape index (κ1) is 12.0. The van der Waals surface area contributed by atoms with Crippen molar-refractivity contribution in [2.45, 2.75) is 31.7 Å². The molecule has 4 heteroatoms. The average molecular weight is 255 g/mol. The predicted molar refractivity (Wildman–Crippen MR) is 72.9 cm³/mol. The number of carbonyl (C=O) groups excluding carboxylic acids is 1. The van der Waals surface area contributed by atoms with Crippen molar-refractivity contribution < 1.29 is 4.79 Å². The van der Waals surface area contributed by atoms with Gasteiger partial charge in [-0.3, -0.25) is 4.79 Å². The number of benzene rings is 1. The number of hydrogen-bond donors (Lipinski definition) is 1. The Morgan fingerprint density at radius 1 is 1.47 bits per heavy atom. The van der Waals surface area contributed by atoms with E-state index in [4.69, 9.17) is 5.26 Å². The summed E-state index contributed by atoms with van der Waals surface area (Å²) in [6.45, 7) is 1.50. The maximum Gasteiger partial charge on any atom is 0.254 e. The molecule has 1 amide bonds. The van der Waals surface area contributed by atoms with Crippen LogP contribution in [-0.4, -0.2) is 29.9 Å². The number of rotatable bonds is 4. The second-order valence-corrected chi connectivity index (χ2v) is 5.19. The number of carbonyl (C=O) groups is 1. The first-order valence-corrected chi connectivity index (χ1v) is 6.84. The van der Waals surface area contributed by atoms with Crippen LogP contribution in [0, 0.1) is 11.3 Å². The highest BCUT2D eigenvalue weighted by molar-refractivity contribution is 5.95. The van der Waals surface area contributed by atoms with Crippen molar-refractivity contribution in [3.8, 4) is 6.07 Å². The topological polar surface area (TPSA) is 56.1 Å². The van der Waals surface area contributed by atoms with Crippen LogP contribution in [-0.2, 0) is 6.42 Å². The Labute approximate surface area is 113 Å². The van der Waals surface area contributed by atoms with E-state index >= 15 is 0 Å². The van der Waals surface area contributed by atoms with Crippen LogP contribution in [0.3, 0.4) is 0 Å². The van der Waals surface area contributed by atoms with Crippen LogP contribution >= 0.6 is 0 Å². The third kappa shape index (κ3) is 2.41. The highest BCUT2D eigenvalue weighted by atomic mass is 16.2. The van der Waals surface area contributed by atoms with E-state index < -0.39 is 0 Å². The van der Waals surface area contributed by atoms with Gasteiger partial charge >= 0.3 is 0 Å². The SMILES string of the molecule is N#CCCN(C(=O)c1ccc2c(c1)CCN2)C1CC1. The van der Waals surface area contributed by atoms with Crippen molar-refractivity contribution in [2.75, 3.05) is 18.4 Å². The zero-order valence-corrected chi connectivity index (χ0v) is 10.9. The maximum absolute atomic E-state index is 12.5. The lowest BCUT2D eigenvalue weighted by atomic mass is 10.1. The third-order valence-electron chi connectivity index (χ3n) is 3.78. The predicted octanol–water partition coefficient (Wildman–Crippen LogP) is 2.17. The molecular weight excluding hydrogens is 238 g/mol. The van der Waals surface area contributed by atoms with E-state index in [2.05, 4.69) is 11.4 Å². The van der Waals surface area contributed by atoms with E-state index in [-0.39, 0.29) is 5.91 Å². The molecule has 0 aromatic heterocycles. The molecule has 1 aliphatic carbocycles. The van der Waals surface area contributed by atoms with Gasteiger partial charge in [0.1, 0.15) is 0 Å². The summed E-state index contributed by atoms with van der Waals surface area (Å²) in [7, 11) is 0. The smallest absolute Gasteiger partial charge is 0.254 e. The van der Waals surface area contributed by atoms with E-state index in [9.17, 15) is 4.79 Å². The molecule has 0 unspecified atom stereocenters. The minimum Gasteiger partial charge on any atom is -0.384 e. The fourth-order valence-corrected chi connectivity index (χ4v) is 2.61. The van der Waals surface area contributed by atoms with Crippen LogP contribution in [0.4, 0.5) is 5.69 Å². The lowest BCUT2D eigenvalue weighted by molar-refractivity contribution is 0.0747. The Bertz CT molecular complexity index is 543. The number of fused-ring (bicyclic) bond motifs is 1. The molecule has 1 aliphatic heterocycles. The van der Waals surface area contributed by atoms with E-state index in [1.54, 1.807) is 0 Å². The summed E-state index contributed by atoms with van der Waals surface area (Å²) in [4.78, 5) is 14.4. The molecule has 1 aromatic carbocycles. The molecule has 1 saturated carbocycles. The van der Waals surface area contributed by atoms with Crippen molar-refractivity contribution in [3.63, 3.8) is 0 Å². The van der Waals surface area contributed by atoms with Crippen molar-refractivity contribution in [1.29, 1.82) is 5.26 Å². The summed E-state index contributed by atoms with van der Waals surface area (Å²) in [6, 6.07) is 8.36. The van der Waals surface area contributed by atoms with Gasteiger partial charge in [-0.05, 0) is 43.0 Å². The average Bonchev–Trinajstić information content (AvgIpc) is 3.15. The zero-order chi connectivity index (χ0) is 13.2. The number of nitriles is 1. The van der Waals surface area contributed by atoms with Gasteiger partial charge in [-0.1, -0.05) is 0 Å². The second-order valence-electron chi connectivity index (χ2n) is 5.19. The Hall–Kier alpha value is -2.02.